The van der Waals surface area contributed by atoms with Crippen molar-refractivity contribution in [1.82, 2.24) is 5.32 Å². The lowest BCUT2D eigenvalue weighted by atomic mass is 10.0. The van der Waals surface area contributed by atoms with E-state index in [-0.39, 0.29) is 49.2 Å². The highest BCUT2D eigenvalue weighted by molar-refractivity contribution is 5.85. The highest BCUT2D eigenvalue weighted by Gasteiger charge is 2.16. The highest BCUT2D eigenvalue weighted by Crippen LogP contribution is 2.14. The predicted octanol–water partition coefficient (Wildman–Crippen LogP) is 1.86. The zero-order chi connectivity index (χ0) is 14.4. The van der Waals surface area contributed by atoms with E-state index in [0.29, 0.717) is 0 Å². The molecule has 0 radical (unpaired) electrons. The lowest BCUT2D eigenvalue weighted by Crippen LogP contribution is -2.40. The van der Waals surface area contributed by atoms with Gasteiger partial charge in [0.05, 0.1) is 6.54 Å². The second kappa shape index (κ2) is 8.71. The second-order valence-electron chi connectivity index (χ2n) is 4.36. The largest absolute Gasteiger partial charge is 0.492 e. The summed E-state index contributed by atoms with van der Waals surface area (Å²) in [6.07, 6.45) is 0. The van der Waals surface area contributed by atoms with Crippen LogP contribution in [0.15, 0.2) is 18.2 Å². The summed E-state index contributed by atoms with van der Waals surface area (Å²) >= 11 is 0. The molecule has 0 aliphatic carbocycles. The van der Waals surface area contributed by atoms with Gasteiger partial charge < -0.3 is 15.8 Å². The van der Waals surface area contributed by atoms with Gasteiger partial charge in [-0.2, -0.15) is 0 Å². The molecule has 114 valence electrons. The Bertz CT molecular complexity index is 444. The third-order valence-electron chi connectivity index (χ3n) is 2.76. The predicted molar refractivity (Wildman–Crippen MR) is 74.9 cm³/mol. The number of carbonyl (C=O) groups is 1. The fraction of sp³-hybridized carbons (Fsp3) is 0.462. The van der Waals surface area contributed by atoms with Crippen LogP contribution in [0.25, 0.3) is 0 Å². The standard InChI is InChI=1S/C13H18F2N2O2.ClH/c1-8(9(2)16)13(18)17-5-6-19-10-3-4-11(14)12(15)7-10;/h3-4,7-9H,5-6,16H2,1-2H3,(H,17,18);1H. The highest BCUT2D eigenvalue weighted by atomic mass is 35.5. The first kappa shape index (κ1) is 18.6. The van der Waals surface area contributed by atoms with Crippen LogP contribution in [-0.2, 0) is 4.79 Å². The average Bonchev–Trinajstić information content (AvgIpc) is 2.37. The van der Waals surface area contributed by atoms with E-state index >= 15 is 0 Å². The minimum Gasteiger partial charge on any atom is -0.492 e. The third kappa shape index (κ3) is 5.71. The molecule has 0 fully saturated rings. The Morgan fingerprint density at radius 2 is 2.00 bits per heavy atom. The summed E-state index contributed by atoms with van der Waals surface area (Å²) in [6.45, 7) is 3.93. The molecule has 0 saturated heterocycles. The van der Waals surface area contributed by atoms with E-state index in [1.807, 2.05) is 0 Å². The van der Waals surface area contributed by atoms with Gasteiger partial charge in [-0.05, 0) is 19.1 Å². The maximum absolute atomic E-state index is 12.9. The molecule has 20 heavy (non-hydrogen) atoms. The number of amides is 1. The van der Waals surface area contributed by atoms with Gasteiger partial charge in [0.15, 0.2) is 11.6 Å². The number of nitrogens with one attached hydrogen (secondary N) is 1. The minimum atomic E-state index is -0.966. The van der Waals surface area contributed by atoms with Crippen LogP contribution in [0.5, 0.6) is 5.75 Å². The smallest absolute Gasteiger partial charge is 0.224 e. The maximum Gasteiger partial charge on any atom is 0.224 e. The summed E-state index contributed by atoms with van der Waals surface area (Å²) in [5, 5.41) is 2.65. The summed E-state index contributed by atoms with van der Waals surface area (Å²) in [7, 11) is 0. The number of nitrogens with two attached hydrogens (primary N) is 1. The number of carbonyl (C=O) groups excluding carboxylic acids is 1. The number of benzene rings is 1. The van der Waals surface area contributed by atoms with Gasteiger partial charge in [0.1, 0.15) is 12.4 Å². The van der Waals surface area contributed by atoms with Crippen LogP contribution in [0.1, 0.15) is 13.8 Å². The molecule has 0 aliphatic heterocycles. The van der Waals surface area contributed by atoms with Crippen LogP contribution < -0.4 is 15.8 Å². The summed E-state index contributed by atoms with van der Waals surface area (Å²) in [5.41, 5.74) is 5.59. The Balaban J connectivity index is 0.00000361. The van der Waals surface area contributed by atoms with Gasteiger partial charge in [-0.25, -0.2) is 8.78 Å². The minimum absolute atomic E-state index is 0. The van der Waals surface area contributed by atoms with Crippen molar-refractivity contribution in [2.45, 2.75) is 19.9 Å². The van der Waals surface area contributed by atoms with Crippen LogP contribution in [0.4, 0.5) is 8.78 Å². The molecule has 0 aliphatic rings. The van der Waals surface area contributed by atoms with Gasteiger partial charge >= 0.3 is 0 Å². The first-order valence-electron chi connectivity index (χ1n) is 6.03. The molecule has 3 N–H and O–H groups in total. The quantitative estimate of drug-likeness (QED) is 0.789. The lowest BCUT2D eigenvalue weighted by molar-refractivity contribution is -0.125. The molecule has 1 aromatic carbocycles. The van der Waals surface area contributed by atoms with E-state index in [9.17, 15) is 13.6 Å². The molecule has 0 aromatic heterocycles. The van der Waals surface area contributed by atoms with E-state index in [0.717, 1.165) is 12.1 Å². The normalized spacial score (nSPS) is 13.1. The SMILES string of the molecule is CC(N)C(C)C(=O)NCCOc1ccc(F)c(F)c1.Cl. The molecular weight excluding hydrogens is 290 g/mol. The fourth-order valence-corrected chi connectivity index (χ4v) is 1.31. The third-order valence-corrected chi connectivity index (χ3v) is 2.76. The van der Waals surface area contributed by atoms with Crippen molar-refractivity contribution in [2.75, 3.05) is 13.2 Å². The molecule has 0 bridgehead atoms. The van der Waals surface area contributed by atoms with E-state index in [1.165, 1.54) is 6.07 Å². The second-order valence-corrected chi connectivity index (χ2v) is 4.36. The van der Waals surface area contributed by atoms with E-state index < -0.39 is 11.6 Å². The van der Waals surface area contributed by atoms with Crippen LogP contribution in [-0.4, -0.2) is 25.1 Å². The number of hydrogen-bond acceptors (Lipinski definition) is 3. The monoisotopic (exact) mass is 308 g/mol. The number of halogens is 3. The van der Waals surface area contributed by atoms with Gasteiger partial charge in [-0.15, -0.1) is 12.4 Å². The molecule has 0 heterocycles. The Hall–Kier alpha value is -1.40. The van der Waals surface area contributed by atoms with Crippen molar-refractivity contribution in [3.8, 4) is 5.75 Å². The Morgan fingerprint density at radius 1 is 1.35 bits per heavy atom. The van der Waals surface area contributed by atoms with Crippen molar-refractivity contribution < 1.29 is 18.3 Å². The van der Waals surface area contributed by atoms with Crippen LogP contribution >= 0.6 is 12.4 Å². The molecule has 2 atom stereocenters. The zero-order valence-electron chi connectivity index (χ0n) is 11.4. The topological polar surface area (TPSA) is 64.4 Å². The summed E-state index contributed by atoms with van der Waals surface area (Å²) in [4.78, 5) is 11.5. The molecule has 1 rings (SSSR count). The van der Waals surface area contributed by atoms with Gasteiger partial charge in [-0.1, -0.05) is 6.92 Å². The van der Waals surface area contributed by atoms with Crippen molar-refractivity contribution in [3.63, 3.8) is 0 Å². The molecule has 1 amide bonds. The van der Waals surface area contributed by atoms with Gasteiger partial charge in [-0.3, -0.25) is 4.79 Å². The van der Waals surface area contributed by atoms with Crippen LogP contribution in [0.2, 0.25) is 0 Å². The average molecular weight is 309 g/mol. The van der Waals surface area contributed by atoms with Gasteiger partial charge in [0.25, 0.3) is 0 Å². The van der Waals surface area contributed by atoms with Gasteiger partial charge in [0.2, 0.25) is 5.91 Å². The van der Waals surface area contributed by atoms with Crippen molar-refractivity contribution >= 4 is 18.3 Å². The number of rotatable bonds is 6. The van der Waals surface area contributed by atoms with E-state index in [1.54, 1.807) is 13.8 Å². The molecule has 7 heteroatoms. The Kier molecular flexibility index (Phi) is 8.10. The molecule has 0 saturated carbocycles. The van der Waals surface area contributed by atoms with Crippen molar-refractivity contribution in [2.24, 2.45) is 11.7 Å². The van der Waals surface area contributed by atoms with Gasteiger partial charge in [0, 0.05) is 18.0 Å². The maximum atomic E-state index is 12.9. The molecule has 2 unspecified atom stereocenters. The summed E-state index contributed by atoms with van der Waals surface area (Å²) < 4.78 is 30.7. The summed E-state index contributed by atoms with van der Waals surface area (Å²) in [5.74, 6) is -2.13. The first-order valence-corrected chi connectivity index (χ1v) is 6.03. The molecule has 1 aromatic rings. The van der Waals surface area contributed by atoms with Crippen molar-refractivity contribution in [1.29, 1.82) is 0 Å². The molecule has 4 nitrogen and oxygen atoms in total. The van der Waals surface area contributed by atoms with Crippen molar-refractivity contribution in [3.05, 3.63) is 29.8 Å². The van der Waals surface area contributed by atoms with E-state index in [4.69, 9.17) is 10.5 Å². The molecule has 0 spiro atoms. The van der Waals surface area contributed by atoms with Crippen LogP contribution in [0, 0.1) is 17.6 Å². The Morgan fingerprint density at radius 3 is 2.55 bits per heavy atom. The number of hydrogen-bond donors (Lipinski definition) is 2. The molecular formula is C13H19ClF2N2O2. The number of ether oxygens (including phenoxy) is 1. The Labute approximate surface area is 123 Å². The first-order chi connectivity index (χ1) is 8.91. The zero-order valence-corrected chi connectivity index (χ0v) is 12.2. The van der Waals surface area contributed by atoms with E-state index in [2.05, 4.69) is 5.32 Å². The fourth-order valence-electron chi connectivity index (χ4n) is 1.31. The van der Waals surface area contributed by atoms with Crippen LogP contribution in [0.3, 0.4) is 0 Å². The summed E-state index contributed by atoms with van der Waals surface area (Å²) in [6, 6.07) is 3.04. The lowest BCUT2D eigenvalue weighted by Gasteiger charge is -2.15.